The van der Waals surface area contributed by atoms with Crippen molar-refractivity contribution in [1.82, 2.24) is 4.98 Å². The maximum Gasteiger partial charge on any atom is 0.0464 e. The van der Waals surface area contributed by atoms with Gasteiger partial charge < -0.3 is 4.98 Å². The van der Waals surface area contributed by atoms with E-state index in [1.807, 2.05) is 26.0 Å². The predicted molar refractivity (Wildman–Crippen MR) is 94.0 cm³/mol. The highest BCUT2D eigenvalue weighted by Crippen LogP contribution is 2.23. The summed E-state index contributed by atoms with van der Waals surface area (Å²) in [5.74, 6) is 0. The molecule has 2 rings (SSSR count). The van der Waals surface area contributed by atoms with Gasteiger partial charge in [-0.15, -0.1) is 13.2 Å². The van der Waals surface area contributed by atoms with Gasteiger partial charge in [0.25, 0.3) is 0 Å². The van der Waals surface area contributed by atoms with Crippen molar-refractivity contribution >= 4 is 16.5 Å². The third-order valence-corrected chi connectivity index (χ3v) is 2.71. The Morgan fingerprint density at radius 3 is 2.30 bits per heavy atom. The molecule has 106 valence electrons. The topological polar surface area (TPSA) is 15.8 Å². The van der Waals surface area contributed by atoms with Gasteiger partial charge in [0.15, 0.2) is 0 Å². The highest BCUT2D eigenvalue weighted by Gasteiger charge is 2.04. The Labute approximate surface area is 123 Å². The van der Waals surface area contributed by atoms with Crippen molar-refractivity contribution in [2.75, 3.05) is 0 Å². The molecule has 0 amide bonds. The fourth-order valence-corrected chi connectivity index (χ4v) is 1.86. The number of rotatable bonds is 3. The molecule has 1 N–H and O–H groups in total. The molecule has 0 aliphatic heterocycles. The van der Waals surface area contributed by atoms with Gasteiger partial charge in [-0.1, -0.05) is 57.4 Å². The van der Waals surface area contributed by atoms with Crippen LogP contribution >= 0.6 is 0 Å². The smallest absolute Gasteiger partial charge is 0.0464 e. The summed E-state index contributed by atoms with van der Waals surface area (Å²) in [5, 5.41) is 1.26. The zero-order valence-corrected chi connectivity index (χ0v) is 12.9. The number of hydrogen-bond donors (Lipinski definition) is 1. The van der Waals surface area contributed by atoms with Crippen molar-refractivity contribution in [2.24, 2.45) is 0 Å². The number of aromatic amines is 1. The van der Waals surface area contributed by atoms with Crippen LogP contribution in [0.1, 0.15) is 25.1 Å². The highest BCUT2D eigenvalue weighted by atomic mass is 14.7. The molecule has 0 bridgehead atoms. The first-order valence-electron chi connectivity index (χ1n) is 6.80. The molecule has 2 aromatic rings. The average Bonchev–Trinajstić information content (AvgIpc) is 2.94. The van der Waals surface area contributed by atoms with Crippen LogP contribution in [0.4, 0.5) is 0 Å². The summed E-state index contributed by atoms with van der Waals surface area (Å²) in [6.45, 7) is 19.6. The number of aromatic nitrogens is 1. The van der Waals surface area contributed by atoms with Crippen LogP contribution in [0.3, 0.4) is 0 Å². The van der Waals surface area contributed by atoms with Crippen molar-refractivity contribution in [2.45, 2.75) is 20.8 Å². The minimum Gasteiger partial charge on any atom is -0.355 e. The van der Waals surface area contributed by atoms with Gasteiger partial charge >= 0.3 is 0 Å². The van der Waals surface area contributed by atoms with Crippen molar-refractivity contribution in [3.05, 3.63) is 80.1 Å². The Hall–Kier alpha value is -2.28. The Bertz CT molecular complexity index is 585. The molecule has 20 heavy (non-hydrogen) atoms. The summed E-state index contributed by atoms with van der Waals surface area (Å²) in [6.07, 6.45) is 5.56. The zero-order chi connectivity index (χ0) is 15.5. The van der Waals surface area contributed by atoms with E-state index in [1.54, 1.807) is 6.08 Å². The molecular formula is C19H25N. The second kappa shape index (κ2) is 9.62. The minimum atomic E-state index is 1.06. The van der Waals surface area contributed by atoms with E-state index in [0.717, 1.165) is 16.8 Å². The molecule has 1 nitrogen and oxygen atoms in total. The molecule has 0 aliphatic rings. The van der Waals surface area contributed by atoms with E-state index in [1.165, 1.54) is 10.9 Å². The summed E-state index contributed by atoms with van der Waals surface area (Å²) < 4.78 is 0. The van der Waals surface area contributed by atoms with E-state index in [-0.39, 0.29) is 0 Å². The standard InChI is InChI=1S/C15H15N.C2H6.C2H4/c1-4-7-12(5-2)15-10-13-11(3)8-6-9-14(13)16-15;2*1-2/h4-10,16H,1-2H2,3H3;1-2H3;1-2H2/b12-7+;;. The normalized spacial score (nSPS) is 9.85. The van der Waals surface area contributed by atoms with Gasteiger partial charge in [0.1, 0.15) is 0 Å². The van der Waals surface area contributed by atoms with Gasteiger partial charge in [-0.25, -0.2) is 0 Å². The summed E-state index contributed by atoms with van der Waals surface area (Å²) >= 11 is 0. The van der Waals surface area contributed by atoms with Crippen LogP contribution in [0.25, 0.3) is 16.5 Å². The zero-order valence-electron chi connectivity index (χ0n) is 12.9. The third kappa shape index (κ3) is 4.13. The molecule has 0 saturated heterocycles. The molecule has 1 heterocycles. The lowest BCUT2D eigenvalue weighted by molar-refractivity contribution is 1.41. The van der Waals surface area contributed by atoms with Crippen LogP contribution in [0, 0.1) is 6.92 Å². The van der Waals surface area contributed by atoms with Crippen LogP contribution < -0.4 is 0 Å². The summed E-state index contributed by atoms with van der Waals surface area (Å²) in [7, 11) is 0. The van der Waals surface area contributed by atoms with E-state index in [4.69, 9.17) is 0 Å². The number of H-pyrrole nitrogens is 1. The SMILES string of the molecule is C=C.C=C/C=C(\C=C)c1cc2c(C)cccc2[nH]1.CC. The van der Waals surface area contributed by atoms with Crippen LogP contribution in [0.5, 0.6) is 0 Å². The van der Waals surface area contributed by atoms with Gasteiger partial charge in [-0.2, -0.15) is 0 Å². The second-order valence-electron chi connectivity index (χ2n) is 3.78. The summed E-state index contributed by atoms with van der Waals surface area (Å²) in [6, 6.07) is 8.41. The van der Waals surface area contributed by atoms with Crippen molar-refractivity contribution in [1.29, 1.82) is 0 Å². The Morgan fingerprint density at radius 2 is 1.80 bits per heavy atom. The van der Waals surface area contributed by atoms with E-state index < -0.39 is 0 Å². The van der Waals surface area contributed by atoms with Crippen LogP contribution in [0.15, 0.2) is 68.8 Å². The number of allylic oxidation sites excluding steroid dienone is 4. The van der Waals surface area contributed by atoms with Gasteiger partial charge in [0, 0.05) is 16.6 Å². The fraction of sp³-hybridized carbons (Fsp3) is 0.158. The lowest BCUT2D eigenvalue weighted by Gasteiger charge is -1.95. The maximum absolute atomic E-state index is 3.81. The molecule has 0 fully saturated rings. The first-order chi connectivity index (χ1) is 9.76. The quantitative estimate of drug-likeness (QED) is 0.514. The number of fused-ring (bicyclic) bond motifs is 1. The molecule has 0 spiro atoms. The summed E-state index contributed by atoms with van der Waals surface area (Å²) in [4.78, 5) is 3.38. The molecule has 0 radical (unpaired) electrons. The van der Waals surface area contributed by atoms with E-state index >= 15 is 0 Å². The van der Waals surface area contributed by atoms with Crippen molar-refractivity contribution in [3.63, 3.8) is 0 Å². The van der Waals surface area contributed by atoms with Crippen LogP contribution in [-0.2, 0) is 0 Å². The fourth-order valence-electron chi connectivity index (χ4n) is 1.86. The van der Waals surface area contributed by atoms with Crippen LogP contribution in [-0.4, -0.2) is 4.98 Å². The average molecular weight is 267 g/mol. The molecule has 0 unspecified atom stereocenters. The van der Waals surface area contributed by atoms with Gasteiger partial charge in [-0.05, 0) is 30.2 Å². The Kier molecular flexibility index (Phi) is 8.53. The summed E-state index contributed by atoms with van der Waals surface area (Å²) in [5.41, 5.74) is 4.58. The second-order valence-corrected chi connectivity index (χ2v) is 3.78. The van der Waals surface area contributed by atoms with Crippen molar-refractivity contribution in [3.8, 4) is 0 Å². The molecule has 1 aromatic carbocycles. The number of hydrogen-bond acceptors (Lipinski definition) is 0. The van der Waals surface area contributed by atoms with Gasteiger partial charge in [-0.3, -0.25) is 0 Å². The number of aryl methyl sites for hydroxylation is 1. The third-order valence-electron chi connectivity index (χ3n) is 2.71. The van der Waals surface area contributed by atoms with Crippen LogP contribution in [0.2, 0.25) is 0 Å². The Morgan fingerprint density at radius 1 is 1.15 bits per heavy atom. The monoisotopic (exact) mass is 267 g/mol. The van der Waals surface area contributed by atoms with E-state index in [2.05, 4.69) is 62.5 Å². The van der Waals surface area contributed by atoms with Gasteiger partial charge in [0.05, 0.1) is 0 Å². The van der Waals surface area contributed by atoms with E-state index in [9.17, 15) is 0 Å². The predicted octanol–water partition coefficient (Wildman–Crippen LogP) is 6.06. The first kappa shape index (κ1) is 17.7. The lowest BCUT2D eigenvalue weighted by atomic mass is 10.1. The largest absolute Gasteiger partial charge is 0.355 e. The Balaban J connectivity index is 0.000000829. The molecule has 0 saturated carbocycles. The minimum absolute atomic E-state index is 1.06. The maximum atomic E-state index is 3.81. The highest BCUT2D eigenvalue weighted by molar-refractivity contribution is 5.89. The van der Waals surface area contributed by atoms with Gasteiger partial charge in [0.2, 0.25) is 0 Å². The molecule has 0 atom stereocenters. The molecule has 0 aliphatic carbocycles. The van der Waals surface area contributed by atoms with E-state index in [0.29, 0.717) is 0 Å². The first-order valence-corrected chi connectivity index (χ1v) is 6.80. The molecule has 1 heteroatoms. The number of nitrogens with one attached hydrogen (secondary N) is 1. The van der Waals surface area contributed by atoms with Crippen molar-refractivity contribution < 1.29 is 0 Å². The molecular weight excluding hydrogens is 242 g/mol. The molecule has 1 aromatic heterocycles. The number of benzene rings is 1. The lowest BCUT2D eigenvalue weighted by Crippen LogP contribution is -1.78.